The van der Waals surface area contributed by atoms with Crippen molar-refractivity contribution in [3.8, 4) is 0 Å². The van der Waals surface area contributed by atoms with Crippen LogP contribution in [0.3, 0.4) is 0 Å². The normalized spacial score (nSPS) is 10.9. The van der Waals surface area contributed by atoms with E-state index in [0.29, 0.717) is 10.2 Å². The molecule has 0 spiro atoms. The van der Waals surface area contributed by atoms with Gasteiger partial charge in [0.2, 0.25) is 16.8 Å². The predicted octanol–water partition coefficient (Wildman–Crippen LogP) is 0.601. The fourth-order valence-electron chi connectivity index (χ4n) is 1.77. The van der Waals surface area contributed by atoms with Gasteiger partial charge in [0.25, 0.3) is 15.9 Å². The Morgan fingerprint density at radius 2 is 1.81 bits per heavy atom. The van der Waals surface area contributed by atoms with Gasteiger partial charge in [-0.3, -0.25) is 9.59 Å². The number of rotatable bonds is 7. The van der Waals surface area contributed by atoms with Crippen LogP contribution in [0, 0.1) is 0 Å². The predicted molar refractivity (Wildman–Crippen MR) is 96.1 cm³/mol. The quantitative estimate of drug-likeness (QED) is 0.511. The summed E-state index contributed by atoms with van der Waals surface area (Å²) in [6.07, 6.45) is 0. The molecule has 0 saturated heterocycles. The molecule has 0 radical (unpaired) electrons. The fourth-order valence-corrected chi connectivity index (χ4v) is 2.62. The molecule has 2 amide bonds. The second-order valence-corrected chi connectivity index (χ2v) is 7.39. The number of carbonyl (C=O) groups excluding carboxylic acids is 3. The molecule has 2 aromatic rings. The van der Waals surface area contributed by atoms with Gasteiger partial charge in [-0.05, 0) is 40.2 Å². The minimum atomic E-state index is -4.10. The van der Waals surface area contributed by atoms with Crippen molar-refractivity contribution in [2.24, 2.45) is 5.14 Å². The fraction of sp³-hybridized carbons (Fsp3) is 0.133. The summed E-state index contributed by atoms with van der Waals surface area (Å²) >= 11 is 3.27. The number of primary sulfonamides is 1. The smallest absolute Gasteiger partial charge is 0.374 e. The third-order valence-corrected chi connectivity index (χ3v) is 4.46. The van der Waals surface area contributed by atoms with Crippen LogP contribution in [0.15, 0.2) is 50.4 Å². The highest BCUT2D eigenvalue weighted by Gasteiger charge is 2.19. The van der Waals surface area contributed by atoms with Crippen LogP contribution >= 0.6 is 15.9 Å². The monoisotopic (exact) mass is 459 g/mol. The standard InChI is InChI=1S/C15H14BrN3O7S/c16-9-3-1-2-4-10(9)19-12(20)7-18-13(21)8-25-15(22)11-5-6-14(26-11)27(17,23)24/h1-6H,7-8H2,(H,18,21)(H,19,20)(H2,17,23,24). The van der Waals surface area contributed by atoms with Crippen molar-refractivity contribution in [3.63, 3.8) is 0 Å². The largest absolute Gasteiger partial charge is 0.450 e. The van der Waals surface area contributed by atoms with Gasteiger partial charge in [-0.15, -0.1) is 0 Å². The number of esters is 1. The Labute approximate surface area is 162 Å². The molecule has 1 heterocycles. The maximum atomic E-state index is 11.8. The number of sulfonamides is 1. The molecule has 144 valence electrons. The molecule has 4 N–H and O–H groups in total. The summed E-state index contributed by atoms with van der Waals surface area (Å²) in [6.45, 7) is -1.03. The lowest BCUT2D eigenvalue weighted by molar-refractivity contribution is -0.126. The number of para-hydroxylation sites is 1. The first kappa shape index (κ1) is 20.6. The van der Waals surface area contributed by atoms with E-state index in [1.165, 1.54) is 0 Å². The molecule has 10 nitrogen and oxygen atoms in total. The number of furan rings is 1. The lowest BCUT2D eigenvalue weighted by Gasteiger charge is -2.08. The number of anilines is 1. The maximum Gasteiger partial charge on any atom is 0.374 e. The molecule has 0 bridgehead atoms. The number of ether oxygens (including phenoxy) is 1. The Morgan fingerprint density at radius 1 is 1.11 bits per heavy atom. The molecule has 0 aliphatic rings. The van der Waals surface area contributed by atoms with Gasteiger partial charge in [-0.2, -0.15) is 0 Å². The zero-order valence-electron chi connectivity index (χ0n) is 13.6. The van der Waals surface area contributed by atoms with Crippen LogP contribution in [0.4, 0.5) is 5.69 Å². The van der Waals surface area contributed by atoms with Crippen LogP contribution < -0.4 is 15.8 Å². The van der Waals surface area contributed by atoms with E-state index < -0.39 is 45.3 Å². The molecule has 0 fully saturated rings. The highest BCUT2D eigenvalue weighted by atomic mass is 79.9. The Hall–Kier alpha value is -2.70. The Bertz CT molecular complexity index is 971. The lowest BCUT2D eigenvalue weighted by atomic mass is 10.3. The number of benzene rings is 1. The van der Waals surface area contributed by atoms with Crippen molar-refractivity contribution in [2.45, 2.75) is 5.09 Å². The molecule has 1 aromatic carbocycles. The van der Waals surface area contributed by atoms with Crippen LogP contribution in [-0.2, 0) is 24.3 Å². The molecule has 27 heavy (non-hydrogen) atoms. The van der Waals surface area contributed by atoms with Crippen LogP contribution in [-0.4, -0.2) is 39.4 Å². The van der Waals surface area contributed by atoms with Gasteiger partial charge in [-0.25, -0.2) is 18.4 Å². The number of halogens is 1. The van der Waals surface area contributed by atoms with Gasteiger partial charge in [0.1, 0.15) is 0 Å². The van der Waals surface area contributed by atoms with Gasteiger partial charge in [0.15, 0.2) is 6.61 Å². The molecule has 0 aliphatic carbocycles. The third-order valence-electron chi connectivity index (χ3n) is 2.99. The van der Waals surface area contributed by atoms with Crippen LogP contribution in [0.2, 0.25) is 0 Å². The van der Waals surface area contributed by atoms with Crippen LogP contribution in [0.25, 0.3) is 0 Å². The highest BCUT2D eigenvalue weighted by molar-refractivity contribution is 9.10. The molecule has 0 aliphatic heterocycles. The van der Waals surface area contributed by atoms with Gasteiger partial charge in [-0.1, -0.05) is 12.1 Å². The molecule has 1 aromatic heterocycles. The molecular weight excluding hydrogens is 446 g/mol. The van der Waals surface area contributed by atoms with E-state index in [1.807, 2.05) is 0 Å². The molecule has 2 rings (SSSR count). The number of hydrogen-bond donors (Lipinski definition) is 3. The molecule has 0 unspecified atom stereocenters. The number of amides is 2. The first-order valence-electron chi connectivity index (χ1n) is 7.27. The summed E-state index contributed by atoms with van der Waals surface area (Å²) in [4.78, 5) is 35.1. The summed E-state index contributed by atoms with van der Waals surface area (Å²) in [5.41, 5.74) is 0.534. The molecule has 12 heteroatoms. The van der Waals surface area contributed by atoms with Crippen molar-refractivity contribution in [2.75, 3.05) is 18.5 Å². The minimum absolute atomic E-state index is 0.339. The van der Waals surface area contributed by atoms with Crippen molar-refractivity contribution in [1.82, 2.24) is 5.32 Å². The van der Waals surface area contributed by atoms with Crippen LogP contribution in [0.5, 0.6) is 0 Å². The van der Waals surface area contributed by atoms with Crippen molar-refractivity contribution in [1.29, 1.82) is 0 Å². The van der Waals surface area contributed by atoms with E-state index in [1.54, 1.807) is 24.3 Å². The Kier molecular flexibility index (Phi) is 6.71. The summed E-state index contributed by atoms with van der Waals surface area (Å²) < 4.78 is 32.2. The number of carbonyl (C=O) groups is 3. The molecule has 0 saturated carbocycles. The Balaban J connectivity index is 1.77. The van der Waals surface area contributed by atoms with Gasteiger partial charge < -0.3 is 19.8 Å². The van der Waals surface area contributed by atoms with E-state index in [4.69, 9.17) is 9.56 Å². The Morgan fingerprint density at radius 3 is 2.44 bits per heavy atom. The first-order valence-corrected chi connectivity index (χ1v) is 9.61. The van der Waals surface area contributed by atoms with E-state index in [2.05, 4.69) is 31.3 Å². The zero-order chi connectivity index (χ0) is 20.0. The summed E-state index contributed by atoms with van der Waals surface area (Å²) in [7, 11) is -4.10. The van der Waals surface area contributed by atoms with Crippen molar-refractivity contribution in [3.05, 3.63) is 46.6 Å². The minimum Gasteiger partial charge on any atom is -0.450 e. The van der Waals surface area contributed by atoms with E-state index in [0.717, 1.165) is 12.1 Å². The van der Waals surface area contributed by atoms with Crippen molar-refractivity contribution < 1.29 is 32.0 Å². The van der Waals surface area contributed by atoms with Crippen molar-refractivity contribution >= 4 is 49.4 Å². The lowest BCUT2D eigenvalue weighted by Crippen LogP contribution is -2.35. The summed E-state index contributed by atoms with van der Waals surface area (Å²) in [6, 6.07) is 8.95. The second-order valence-electron chi connectivity index (χ2n) is 5.04. The van der Waals surface area contributed by atoms with Crippen LogP contribution in [0.1, 0.15) is 10.6 Å². The second kappa shape index (κ2) is 8.79. The SMILES string of the molecule is NS(=O)(=O)c1ccc(C(=O)OCC(=O)NCC(=O)Nc2ccccc2Br)o1. The van der Waals surface area contributed by atoms with Gasteiger partial charge >= 0.3 is 5.97 Å². The van der Waals surface area contributed by atoms with E-state index in [9.17, 15) is 22.8 Å². The molecule has 0 atom stereocenters. The number of nitrogens with one attached hydrogen (secondary N) is 2. The summed E-state index contributed by atoms with van der Waals surface area (Å²) in [5.74, 6) is -2.70. The average molecular weight is 460 g/mol. The molecular formula is C15H14BrN3O7S. The van der Waals surface area contributed by atoms with E-state index in [-0.39, 0.29) is 6.54 Å². The van der Waals surface area contributed by atoms with E-state index >= 15 is 0 Å². The number of hydrogen-bond acceptors (Lipinski definition) is 7. The number of nitrogens with two attached hydrogens (primary N) is 1. The van der Waals surface area contributed by atoms with Gasteiger partial charge in [0, 0.05) is 4.47 Å². The third kappa shape index (κ3) is 6.20. The first-order chi connectivity index (χ1) is 12.7. The van der Waals surface area contributed by atoms with Gasteiger partial charge in [0.05, 0.1) is 12.2 Å². The topological polar surface area (TPSA) is 158 Å². The zero-order valence-corrected chi connectivity index (χ0v) is 16.0. The summed E-state index contributed by atoms with van der Waals surface area (Å²) in [5, 5.41) is 9.09. The highest BCUT2D eigenvalue weighted by Crippen LogP contribution is 2.20. The average Bonchev–Trinajstić information content (AvgIpc) is 3.10. The maximum absolute atomic E-state index is 11.8.